The number of rotatable bonds is 11. The zero-order chi connectivity index (χ0) is 55.0. The van der Waals surface area contributed by atoms with Gasteiger partial charge in [0.25, 0.3) is 0 Å². The second kappa shape index (κ2) is 22.9. The molecule has 0 aliphatic carbocycles. The Bertz CT molecular complexity index is 4210. The molecule has 0 saturated carbocycles. The molecule has 6 aromatic carbocycles. The summed E-state index contributed by atoms with van der Waals surface area (Å²) < 4.78 is 42.8. The first kappa shape index (κ1) is 51.5. The van der Waals surface area contributed by atoms with Crippen LogP contribution in [0.3, 0.4) is 0 Å². The number of carbonyl (C=O) groups excluding carboxylic acids is 1. The number of carbonyl (C=O) groups is 1. The van der Waals surface area contributed by atoms with E-state index in [2.05, 4.69) is 71.6 Å². The summed E-state index contributed by atoms with van der Waals surface area (Å²) in [4.78, 5) is 51.6. The number of esters is 1. The molecule has 21 heteroatoms. The lowest BCUT2D eigenvalue weighted by Crippen LogP contribution is -2.04. The summed E-state index contributed by atoms with van der Waals surface area (Å²) in [7, 11) is 2.98. The van der Waals surface area contributed by atoms with Crippen LogP contribution in [0, 0.1) is 43.7 Å². The third kappa shape index (κ3) is 11.6. The lowest BCUT2D eigenvalue weighted by molar-refractivity contribution is 0.0600. The van der Waals surface area contributed by atoms with Gasteiger partial charge in [-0.15, -0.1) is 0 Å². The minimum Gasteiger partial charge on any atom is -0.497 e. The number of nitrogens with one attached hydrogen (secondary N) is 3. The Hall–Kier alpha value is -11.0. The average Bonchev–Trinajstić information content (AvgIpc) is 4.35. The number of hydrogen-bond acceptors (Lipinski definition) is 16. The molecule has 0 amide bonds. The maximum absolute atomic E-state index is 13.7. The molecule has 12 aromatic rings. The highest BCUT2D eigenvalue weighted by molar-refractivity contribution is 5.90. The lowest BCUT2D eigenvalue weighted by atomic mass is 10.2. The molecular formula is C58H46F2N16O3. The van der Waals surface area contributed by atoms with Crippen molar-refractivity contribution in [2.45, 2.75) is 20.8 Å². The fraction of sp³-hybridized carbons (Fsp3) is 0.0862. The number of aromatic nitrogens is 12. The summed E-state index contributed by atoms with van der Waals surface area (Å²) in [6.07, 6.45) is 9.78. The number of imidazole rings is 3. The highest BCUT2D eigenvalue weighted by Crippen LogP contribution is 2.27. The van der Waals surface area contributed by atoms with Crippen LogP contribution in [0.1, 0.15) is 33.4 Å². The smallest absolute Gasteiger partial charge is 0.337 e. The van der Waals surface area contributed by atoms with Crippen LogP contribution in [-0.2, 0) is 4.74 Å². The van der Waals surface area contributed by atoms with E-state index in [4.69, 9.17) is 10.00 Å². The van der Waals surface area contributed by atoms with Crippen molar-refractivity contribution in [3.63, 3.8) is 0 Å². The number of nitrogens with zero attached hydrogens (tertiary/aromatic N) is 13. The first-order valence-electron chi connectivity index (χ1n) is 24.3. The number of benzene rings is 6. The largest absolute Gasteiger partial charge is 0.497 e. The van der Waals surface area contributed by atoms with Gasteiger partial charge in [0.2, 0.25) is 0 Å². The van der Waals surface area contributed by atoms with Crippen LogP contribution in [0.2, 0.25) is 0 Å². The van der Waals surface area contributed by atoms with Crippen molar-refractivity contribution in [2.75, 3.05) is 30.2 Å². The number of aryl methyl sites for hydroxylation is 3. The molecule has 0 saturated heterocycles. The summed E-state index contributed by atoms with van der Waals surface area (Å²) in [5.74, 6) is 5.40. The van der Waals surface area contributed by atoms with E-state index in [1.54, 1.807) is 114 Å². The number of anilines is 6. The average molecular weight is 1050 g/mol. The molecule has 19 nitrogen and oxygen atoms in total. The quantitative estimate of drug-likeness (QED) is 0.102. The first-order chi connectivity index (χ1) is 38.4. The second-order valence-electron chi connectivity index (χ2n) is 17.4. The summed E-state index contributed by atoms with van der Waals surface area (Å²) in [5.41, 5.74) is 8.01. The molecule has 6 heterocycles. The molecule has 0 radical (unpaired) electrons. The molecule has 3 N–H and O–H groups in total. The summed E-state index contributed by atoms with van der Waals surface area (Å²) in [6.45, 7) is 5.62. The number of halogens is 2. The monoisotopic (exact) mass is 1050 g/mol. The van der Waals surface area contributed by atoms with Gasteiger partial charge in [0.05, 0.1) is 102 Å². The molecule has 6 aromatic heterocycles. The molecule has 0 fully saturated rings. The van der Waals surface area contributed by atoms with Gasteiger partial charge in [-0.3, -0.25) is 28.7 Å². The van der Waals surface area contributed by atoms with E-state index in [1.165, 1.54) is 31.4 Å². The fourth-order valence-electron chi connectivity index (χ4n) is 8.50. The van der Waals surface area contributed by atoms with Gasteiger partial charge < -0.3 is 25.4 Å². The third-order valence-electron chi connectivity index (χ3n) is 12.1. The predicted octanol–water partition coefficient (Wildman–Crippen LogP) is 11.5. The first-order valence-corrected chi connectivity index (χ1v) is 24.3. The number of fused-ring (bicyclic) bond motifs is 3. The van der Waals surface area contributed by atoms with Crippen LogP contribution in [0.5, 0.6) is 5.75 Å². The van der Waals surface area contributed by atoms with Gasteiger partial charge in [-0.2, -0.15) is 5.26 Å². The number of nitriles is 1. The fourth-order valence-corrected chi connectivity index (χ4v) is 8.50. The third-order valence-corrected chi connectivity index (χ3v) is 12.1. The molecule has 0 bridgehead atoms. The molecule has 0 aliphatic rings. The van der Waals surface area contributed by atoms with Crippen molar-refractivity contribution in [3.8, 4) is 29.3 Å². The Balaban J connectivity index is 0.000000134. The van der Waals surface area contributed by atoms with Crippen LogP contribution < -0.4 is 20.7 Å². The van der Waals surface area contributed by atoms with E-state index in [0.29, 0.717) is 73.9 Å². The van der Waals surface area contributed by atoms with Crippen LogP contribution in [0.25, 0.3) is 50.6 Å². The van der Waals surface area contributed by atoms with E-state index in [-0.39, 0.29) is 11.6 Å². The Kier molecular flexibility index (Phi) is 14.9. The number of ether oxygens (including phenoxy) is 2. The summed E-state index contributed by atoms with van der Waals surface area (Å²) in [6, 6.07) is 40.4. The predicted molar refractivity (Wildman–Crippen MR) is 296 cm³/mol. The van der Waals surface area contributed by atoms with Crippen molar-refractivity contribution in [3.05, 3.63) is 211 Å². The molecule has 0 atom stereocenters. The molecular weight excluding hydrogens is 1010 g/mol. The van der Waals surface area contributed by atoms with Crippen molar-refractivity contribution in [1.29, 1.82) is 5.26 Å². The second-order valence-corrected chi connectivity index (χ2v) is 17.4. The Morgan fingerprint density at radius 3 is 1.43 bits per heavy atom. The van der Waals surface area contributed by atoms with Crippen LogP contribution in [0.15, 0.2) is 171 Å². The van der Waals surface area contributed by atoms with Gasteiger partial charge in [0.15, 0.2) is 34.9 Å². The Morgan fingerprint density at radius 1 is 0.494 bits per heavy atom. The maximum Gasteiger partial charge on any atom is 0.337 e. The Morgan fingerprint density at radius 2 is 0.949 bits per heavy atom. The summed E-state index contributed by atoms with van der Waals surface area (Å²) >= 11 is 0. The highest BCUT2D eigenvalue weighted by Gasteiger charge is 2.16. The van der Waals surface area contributed by atoms with E-state index < -0.39 is 5.97 Å². The zero-order valence-electron chi connectivity index (χ0n) is 43.0. The molecule has 0 aliphatic heterocycles. The minimum atomic E-state index is -0.400. The molecule has 0 unspecified atom stereocenters. The van der Waals surface area contributed by atoms with Gasteiger partial charge in [0, 0.05) is 35.3 Å². The van der Waals surface area contributed by atoms with E-state index in [9.17, 15) is 13.6 Å². The van der Waals surface area contributed by atoms with Gasteiger partial charge in [-0.25, -0.2) is 43.5 Å². The SMILES string of the molecule is COC(=O)c1ccc(Nc2cncc(-n3c(C)nc4ccc(F)cc43)n2)cc1.COc1cccc(Nc2cncc(-n3c(C)nc4ccccc43)n2)c1.Cc1nc2ccc(F)cc2n1-c1cncc(Nc2ccc(C#N)cc2)n1. The van der Waals surface area contributed by atoms with Crippen LogP contribution >= 0.6 is 0 Å². The standard InChI is InChI=1S/C20H16FN5O2.C19H13FN6.C19H17N5O/c1-12-23-16-8-5-14(21)9-17(16)26(12)19-11-22-10-18(25-19)24-15-6-3-13(4-7-15)20(27)28-2;1-12-23-16-7-4-14(20)8-17(16)26(12)19-11-22-10-18(25-19)24-15-5-2-13(9-21)3-6-15;1-13-21-16-8-3-4-9-17(16)24(13)19-12-20-11-18(23-19)22-14-6-5-7-15(10-14)25-2/h3-11H,1-2H3,(H,24,25);2-8,10-11H,1H3,(H,24,25);3-12H,1-2H3,(H,22,23). The van der Waals surface area contributed by atoms with Gasteiger partial charge >= 0.3 is 5.97 Å². The van der Waals surface area contributed by atoms with Crippen molar-refractivity contribution < 1.29 is 23.0 Å². The summed E-state index contributed by atoms with van der Waals surface area (Å²) in [5, 5.41) is 18.4. The molecule has 0 spiro atoms. The number of hydrogen-bond donors (Lipinski definition) is 3. The molecule has 79 heavy (non-hydrogen) atoms. The topological polar surface area (TPSA) is 226 Å². The van der Waals surface area contributed by atoms with E-state index >= 15 is 0 Å². The van der Waals surface area contributed by atoms with E-state index in [0.717, 1.165) is 45.5 Å². The highest BCUT2D eigenvalue weighted by atomic mass is 19.1. The number of methoxy groups -OCH3 is 2. The van der Waals surface area contributed by atoms with Crippen molar-refractivity contribution in [1.82, 2.24) is 58.6 Å². The molecule has 390 valence electrons. The van der Waals surface area contributed by atoms with Gasteiger partial charge in [0.1, 0.15) is 34.9 Å². The van der Waals surface area contributed by atoms with Gasteiger partial charge in [-0.05, 0) is 118 Å². The zero-order valence-corrected chi connectivity index (χ0v) is 43.0. The normalized spacial score (nSPS) is 10.8. The lowest BCUT2D eigenvalue weighted by Gasteiger charge is -2.10. The Labute approximate surface area is 449 Å². The molecule has 12 rings (SSSR count). The van der Waals surface area contributed by atoms with Crippen molar-refractivity contribution in [2.24, 2.45) is 0 Å². The minimum absolute atomic E-state index is 0.335. The van der Waals surface area contributed by atoms with Crippen LogP contribution in [0.4, 0.5) is 43.3 Å². The van der Waals surface area contributed by atoms with Gasteiger partial charge in [-0.1, -0.05) is 18.2 Å². The number of para-hydroxylation sites is 2. The van der Waals surface area contributed by atoms with E-state index in [1.807, 2.05) is 73.9 Å². The van der Waals surface area contributed by atoms with Crippen molar-refractivity contribution >= 4 is 73.6 Å². The maximum atomic E-state index is 13.7. The van der Waals surface area contributed by atoms with Crippen LogP contribution in [-0.4, -0.2) is 78.7 Å².